The second-order valence-corrected chi connectivity index (χ2v) is 6.64. The first-order valence-corrected chi connectivity index (χ1v) is 9.76. The lowest BCUT2D eigenvalue weighted by molar-refractivity contribution is -0.121. The van der Waals surface area contributed by atoms with Gasteiger partial charge in [-0.1, -0.05) is 62.4 Å². The predicted octanol–water partition coefficient (Wildman–Crippen LogP) is 3.91. The Bertz CT molecular complexity index is 734. The van der Waals surface area contributed by atoms with Crippen molar-refractivity contribution in [1.29, 1.82) is 0 Å². The van der Waals surface area contributed by atoms with Crippen molar-refractivity contribution in [3.05, 3.63) is 65.2 Å². The summed E-state index contributed by atoms with van der Waals surface area (Å²) < 4.78 is 0. The van der Waals surface area contributed by atoms with Crippen LogP contribution in [0, 0.1) is 0 Å². The number of benzene rings is 2. The van der Waals surface area contributed by atoms with Crippen molar-refractivity contribution in [2.75, 3.05) is 18.0 Å². The number of para-hydroxylation sites is 1. The molecule has 0 saturated carbocycles. The van der Waals surface area contributed by atoms with E-state index in [9.17, 15) is 9.59 Å². The summed E-state index contributed by atoms with van der Waals surface area (Å²) in [5, 5.41) is 2.95. The normalized spacial score (nSPS) is 10.5. The molecule has 2 amide bonds. The lowest BCUT2D eigenvalue weighted by atomic mass is 10.0. The molecule has 0 fully saturated rings. The average molecular weight is 367 g/mol. The molecule has 0 aromatic heterocycles. The minimum atomic E-state index is 0.00383. The second kappa shape index (κ2) is 10.5. The molecule has 0 bridgehead atoms. The van der Waals surface area contributed by atoms with Gasteiger partial charge in [-0.05, 0) is 36.0 Å². The fourth-order valence-electron chi connectivity index (χ4n) is 3.29. The summed E-state index contributed by atoms with van der Waals surface area (Å²) in [6.07, 6.45) is 2.92. The highest BCUT2D eigenvalue weighted by molar-refractivity contribution is 5.93. The molecule has 2 aromatic rings. The van der Waals surface area contributed by atoms with Crippen LogP contribution in [0.4, 0.5) is 5.69 Å². The Morgan fingerprint density at radius 2 is 1.56 bits per heavy atom. The molecule has 0 saturated heterocycles. The van der Waals surface area contributed by atoms with Gasteiger partial charge in [0.2, 0.25) is 11.8 Å². The van der Waals surface area contributed by atoms with Crippen LogP contribution in [0.15, 0.2) is 48.5 Å². The highest BCUT2D eigenvalue weighted by Crippen LogP contribution is 2.27. The van der Waals surface area contributed by atoms with Gasteiger partial charge in [-0.2, -0.15) is 0 Å². The molecule has 2 aromatic carbocycles. The molecule has 0 aliphatic carbocycles. The third-order valence-electron chi connectivity index (χ3n) is 4.76. The smallest absolute Gasteiger partial charge is 0.223 e. The molecule has 27 heavy (non-hydrogen) atoms. The lowest BCUT2D eigenvalue weighted by Crippen LogP contribution is -2.38. The predicted molar refractivity (Wildman–Crippen MR) is 111 cm³/mol. The van der Waals surface area contributed by atoms with E-state index in [1.165, 1.54) is 11.1 Å². The van der Waals surface area contributed by atoms with Crippen LogP contribution in [0.1, 0.15) is 43.9 Å². The zero-order valence-corrected chi connectivity index (χ0v) is 16.6. The molecule has 0 radical (unpaired) electrons. The summed E-state index contributed by atoms with van der Waals surface area (Å²) in [6.45, 7) is 6.72. The highest BCUT2D eigenvalue weighted by atomic mass is 16.2. The van der Waals surface area contributed by atoms with Crippen LogP contribution in [0.3, 0.4) is 0 Å². The summed E-state index contributed by atoms with van der Waals surface area (Å²) >= 11 is 0. The minimum absolute atomic E-state index is 0.00383. The maximum atomic E-state index is 12.3. The monoisotopic (exact) mass is 366 g/mol. The Labute approximate surface area is 162 Å². The van der Waals surface area contributed by atoms with E-state index in [4.69, 9.17) is 0 Å². The van der Waals surface area contributed by atoms with Gasteiger partial charge in [0.1, 0.15) is 0 Å². The van der Waals surface area contributed by atoms with Gasteiger partial charge in [-0.15, -0.1) is 0 Å². The summed E-state index contributed by atoms with van der Waals surface area (Å²) in [4.78, 5) is 26.2. The van der Waals surface area contributed by atoms with E-state index < -0.39 is 0 Å². The van der Waals surface area contributed by atoms with Crippen LogP contribution in [-0.2, 0) is 28.9 Å². The maximum absolute atomic E-state index is 12.3. The quantitative estimate of drug-likeness (QED) is 0.731. The number of hydrogen-bond acceptors (Lipinski definition) is 2. The van der Waals surface area contributed by atoms with Crippen LogP contribution in [0.25, 0.3) is 0 Å². The number of hydrogen-bond donors (Lipinski definition) is 1. The van der Waals surface area contributed by atoms with E-state index in [0.717, 1.165) is 30.5 Å². The average Bonchev–Trinajstić information content (AvgIpc) is 2.69. The van der Waals surface area contributed by atoms with Gasteiger partial charge >= 0.3 is 0 Å². The van der Waals surface area contributed by atoms with Crippen LogP contribution < -0.4 is 10.2 Å². The third kappa shape index (κ3) is 5.95. The molecular formula is C23H30N2O2. The number of nitrogens with one attached hydrogen (secondary N) is 1. The van der Waals surface area contributed by atoms with Crippen LogP contribution in [0.5, 0.6) is 0 Å². The van der Waals surface area contributed by atoms with Crippen molar-refractivity contribution in [1.82, 2.24) is 5.32 Å². The van der Waals surface area contributed by atoms with Gasteiger partial charge in [-0.25, -0.2) is 0 Å². The minimum Gasteiger partial charge on any atom is -0.354 e. The molecule has 0 atom stereocenters. The van der Waals surface area contributed by atoms with E-state index in [0.29, 0.717) is 19.5 Å². The number of amides is 2. The number of rotatable bonds is 9. The Hall–Kier alpha value is -2.62. The summed E-state index contributed by atoms with van der Waals surface area (Å²) in [6, 6.07) is 16.2. The van der Waals surface area contributed by atoms with Gasteiger partial charge in [0.25, 0.3) is 0 Å². The molecule has 4 heteroatoms. The summed E-state index contributed by atoms with van der Waals surface area (Å²) in [7, 11) is 0. The van der Waals surface area contributed by atoms with Crippen LogP contribution in [-0.4, -0.2) is 24.9 Å². The van der Waals surface area contributed by atoms with Crippen LogP contribution >= 0.6 is 0 Å². The zero-order chi connectivity index (χ0) is 19.6. The van der Waals surface area contributed by atoms with E-state index in [1.807, 2.05) is 36.4 Å². The number of carbonyl (C=O) groups is 2. The van der Waals surface area contributed by atoms with E-state index in [-0.39, 0.29) is 11.8 Å². The van der Waals surface area contributed by atoms with Gasteiger partial charge in [-0.3, -0.25) is 9.59 Å². The van der Waals surface area contributed by atoms with Crippen molar-refractivity contribution in [3.63, 3.8) is 0 Å². The molecule has 0 aliphatic heterocycles. The van der Waals surface area contributed by atoms with E-state index in [2.05, 4.69) is 31.3 Å². The Balaban J connectivity index is 1.96. The molecule has 0 heterocycles. The van der Waals surface area contributed by atoms with Crippen molar-refractivity contribution < 1.29 is 9.59 Å². The topological polar surface area (TPSA) is 49.4 Å². The number of carbonyl (C=O) groups excluding carboxylic acids is 2. The zero-order valence-electron chi connectivity index (χ0n) is 16.6. The van der Waals surface area contributed by atoms with E-state index in [1.54, 1.807) is 11.8 Å². The molecular weight excluding hydrogens is 336 g/mol. The molecule has 2 rings (SSSR count). The summed E-state index contributed by atoms with van der Waals surface area (Å²) in [5.74, 6) is 0.0194. The summed E-state index contributed by atoms with van der Waals surface area (Å²) in [5.41, 5.74) is 4.50. The van der Waals surface area contributed by atoms with Crippen molar-refractivity contribution in [3.8, 4) is 0 Å². The Morgan fingerprint density at radius 1 is 0.926 bits per heavy atom. The first kappa shape index (κ1) is 20.7. The fraction of sp³-hybridized carbons (Fsp3) is 0.391. The highest BCUT2D eigenvalue weighted by Gasteiger charge is 2.18. The molecule has 1 N–H and O–H groups in total. The Kier molecular flexibility index (Phi) is 8.05. The largest absolute Gasteiger partial charge is 0.354 e. The maximum Gasteiger partial charge on any atom is 0.223 e. The number of aryl methyl sites for hydroxylation is 3. The molecule has 0 aliphatic rings. The van der Waals surface area contributed by atoms with Crippen LogP contribution in [0.2, 0.25) is 0 Å². The van der Waals surface area contributed by atoms with Gasteiger partial charge in [0.15, 0.2) is 0 Å². The molecule has 0 unspecified atom stereocenters. The lowest BCUT2D eigenvalue weighted by Gasteiger charge is -2.26. The van der Waals surface area contributed by atoms with Gasteiger partial charge in [0.05, 0.1) is 5.69 Å². The van der Waals surface area contributed by atoms with E-state index >= 15 is 0 Å². The Morgan fingerprint density at radius 3 is 2.11 bits per heavy atom. The number of nitrogens with zero attached hydrogens (tertiary/aromatic N) is 1. The number of anilines is 1. The molecule has 4 nitrogen and oxygen atoms in total. The second-order valence-electron chi connectivity index (χ2n) is 6.64. The molecule has 0 spiro atoms. The SMILES string of the molecule is CCc1cccc(CC)c1N(CCNC(=O)CCc1ccccc1)C(C)=O. The van der Waals surface area contributed by atoms with Gasteiger partial charge in [0, 0.05) is 26.4 Å². The van der Waals surface area contributed by atoms with Gasteiger partial charge < -0.3 is 10.2 Å². The van der Waals surface area contributed by atoms with Crippen molar-refractivity contribution in [2.24, 2.45) is 0 Å². The standard InChI is InChI=1S/C23H30N2O2/c1-4-20-12-9-13-21(5-2)23(20)25(18(3)26)17-16-24-22(27)15-14-19-10-7-6-8-11-19/h6-13H,4-5,14-17H2,1-3H3,(H,24,27). The molecule has 144 valence electrons. The first-order chi connectivity index (χ1) is 13.1. The third-order valence-corrected chi connectivity index (χ3v) is 4.76. The van der Waals surface area contributed by atoms with Crippen molar-refractivity contribution >= 4 is 17.5 Å². The fourth-order valence-corrected chi connectivity index (χ4v) is 3.29. The van der Waals surface area contributed by atoms with Crippen molar-refractivity contribution in [2.45, 2.75) is 46.5 Å². The first-order valence-electron chi connectivity index (χ1n) is 9.76.